The van der Waals surface area contributed by atoms with E-state index < -0.39 is 11.5 Å². The van der Waals surface area contributed by atoms with E-state index in [1.807, 2.05) is 13.8 Å². The molecule has 4 nitrogen and oxygen atoms in total. The van der Waals surface area contributed by atoms with Gasteiger partial charge in [-0.25, -0.2) is 0 Å². The first kappa shape index (κ1) is 16.4. The zero-order valence-corrected chi connectivity index (χ0v) is 12.7. The van der Waals surface area contributed by atoms with Gasteiger partial charge in [0, 0.05) is 6.04 Å². The van der Waals surface area contributed by atoms with Gasteiger partial charge in [-0.1, -0.05) is 20.8 Å². The molecule has 0 spiro atoms. The van der Waals surface area contributed by atoms with Crippen LogP contribution in [-0.4, -0.2) is 47.2 Å². The molecule has 0 aromatic rings. The number of nitrogens with zero attached hydrogens (tertiary/aromatic N) is 1. The Bertz CT molecular complexity index is 279. The monoisotopic (exact) mass is 270 g/mol. The molecule has 0 aliphatic heterocycles. The molecule has 0 aromatic heterocycles. The maximum atomic E-state index is 11.5. The molecule has 1 aliphatic rings. The molecule has 0 radical (unpaired) electrons. The number of carboxylic acids is 1. The lowest BCUT2D eigenvalue weighted by molar-refractivity contribution is -0.145. The van der Waals surface area contributed by atoms with Crippen LogP contribution in [0.2, 0.25) is 0 Å². The van der Waals surface area contributed by atoms with Crippen LogP contribution in [-0.2, 0) is 4.79 Å². The predicted molar refractivity (Wildman–Crippen MR) is 78.5 cm³/mol. The molecule has 0 amide bonds. The van der Waals surface area contributed by atoms with E-state index in [9.17, 15) is 9.90 Å². The molecule has 4 heteroatoms. The topological polar surface area (TPSA) is 52.6 Å². The van der Waals surface area contributed by atoms with Crippen molar-refractivity contribution in [2.75, 3.05) is 19.6 Å². The number of carboxylic acid groups (broad SMARTS) is 1. The van der Waals surface area contributed by atoms with Crippen LogP contribution in [0.4, 0.5) is 0 Å². The maximum absolute atomic E-state index is 11.5. The minimum atomic E-state index is -0.726. The Labute approximate surface area is 117 Å². The van der Waals surface area contributed by atoms with Gasteiger partial charge >= 0.3 is 5.97 Å². The van der Waals surface area contributed by atoms with Crippen molar-refractivity contribution in [2.45, 2.75) is 70.9 Å². The Kier molecular flexibility index (Phi) is 6.80. The first-order chi connectivity index (χ1) is 9.09. The molecule has 0 bridgehead atoms. The van der Waals surface area contributed by atoms with Crippen LogP contribution in [0, 0.1) is 0 Å². The van der Waals surface area contributed by atoms with Gasteiger partial charge in [0.25, 0.3) is 0 Å². The van der Waals surface area contributed by atoms with Crippen molar-refractivity contribution in [3.63, 3.8) is 0 Å². The molecule has 2 N–H and O–H groups in total. The van der Waals surface area contributed by atoms with Crippen molar-refractivity contribution in [2.24, 2.45) is 0 Å². The molecule has 1 unspecified atom stereocenters. The normalized spacial score (nSPS) is 18.5. The highest BCUT2D eigenvalue weighted by Crippen LogP contribution is 2.28. The van der Waals surface area contributed by atoms with Gasteiger partial charge in [-0.05, 0) is 58.2 Å². The molecule has 1 saturated carbocycles. The molecule has 1 atom stereocenters. The zero-order valence-electron chi connectivity index (χ0n) is 12.7. The Morgan fingerprint density at radius 2 is 2.00 bits per heavy atom. The third-order valence-corrected chi connectivity index (χ3v) is 4.15. The van der Waals surface area contributed by atoms with Crippen LogP contribution in [0.15, 0.2) is 0 Å². The van der Waals surface area contributed by atoms with Crippen LogP contribution in [0.1, 0.15) is 59.3 Å². The molecular weight excluding hydrogens is 240 g/mol. The fourth-order valence-corrected chi connectivity index (χ4v) is 2.85. The van der Waals surface area contributed by atoms with Crippen molar-refractivity contribution in [1.82, 2.24) is 10.2 Å². The maximum Gasteiger partial charge on any atom is 0.323 e. The highest BCUT2D eigenvalue weighted by atomic mass is 16.4. The Balaban J connectivity index is 2.44. The molecular formula is C15H30N2O2. The Morgan fingerprint density at radius 1 is 1.32 bits per heavy atom. The van der Waals surface area contributed by atoms with Crippen molar-refractivity contribution in [1.29, 1.82) is 0 Å². The number of aliphatic carboxylic acids is 1. The molecule has 0 saturated heterocycles. The lowest BCUT2D eigenvalue weighted by Crippen LogP contribution is -2.52. The average molecular weight is 270 g/mol. The fraction of sp³-hybridized carbons (Fsp3) is 0.933. The first-order valence-electron chi connectivity index (χ1n) is 7.82. The predicted octanol–water partition coefficient (Wildman–Crippen LogP) is 2.48. The largest absolute Gasteiger partial charge is 0.480 e. The second-order valence-corrected chi connectivity index (χ2v) is 5.64. The molecule has 19 heavy (non-hydrogen) atoms. The average Bonchev–Trinajstić information content (AvgIpc) is 3.20. The Morgan fingerprint density at radius 3 is 2.42 bits per heavy atom. The van der Waals surface area contributed by atoms with Crippen molar-refractivity contribution in [3.8, 4) is 0 Å². The van der Waals surface area contributed by atoms with E-state index in [2.05, 4.69) is 17.1 Å². The third-order valence-electron chi connectivity index (χ3n) is 4.15. The molecule has 1 aliphatic carbocycles. The van der Waals surface area contributed by atoms with Crippen LogP contribution >= 0.6 is 0 Å². The van der Waals surface area contributed by atoms with Gasteiger partial charge in [-0.15, -0.1) is 0 Å². The summed E-state index contributed by atoms with van der Waals surface area (Å²) in [5.74, 6) is -0.703. The van der Waals surface area contributed by atoms with Gasteiger partial charge < -0.3 is 15.3 Å². The van der Waals surface area contributed by atoms with Crippen LogP contribution in [0.25, 0.3) is 0 Å². The van der Waals surface area contributed by atoms with Gasteiger partial charge in [0.15, 0.2) is 0 Å². The summed E-state index contributed by atoms with van der Waals surface area (Å²) in [6.07, 6.45) is 6.16. The summed E-state index contributed by atoms with van der Waals surface area (Å²) >= 11 is 0. The summed E-state index contributed by atoms with van der Waals surface area (Å²) in [7, 11) is 0. The number of nitrogens with one attached hydrogen (secondary N) is 1. The molecule has 1 fully saturated rings. The van der Waals surface area contributed by atoms with Gasteiger partial charge in [0.2, 0.25) is 0 Å². The SMILES string of the molecule is CCCN(CCCC(CC)(NCC)C(=O)O)C1CC1. The first-order valence-corrected chi connectivity index (χ1v) is 7.82. The Hall–Kier alpha value is -0.610. The van der Waals surface area contributed by atoms with Gasteiger partial charge in [0.1, 0.15) is 5.54 Å². The summed E-state index contributed by atoms with van der Waals surface area (Å²) in [6.45, 7) is 9.04. The van der Waals surface area contributed by atoms with Crippen molar-refractivity contribution < 1.29 is 9.90 Å². The third kappa shape index (κ3) is 4.77. The van der Waals surface area contributed by atoms with Crippen LogP contribution in [0.3, 0.4) is 0 Å². The zero-order chi connectivity index (χ0) is 14.3. The van der Waals surface area contributed by atoms with E-state index in [4.69, 9.17) is 0 Å². The van der Waals surface area contributed by atoms with Crippen molar-refractivity contribution in [3.05, 3.63) is 0 Å². The minimum Gasteiger partial charge on any atom is -0.480 e. The lowest BCUT2D eigenvalue weighted by Gasteiger charge is -2.30. The fourth-order valence-electron chi connectivity index (χ4n) is 2.85. The van der Waals surface area contributed by atoms with Crippen LogP contribution in [0.5, 0.6) is 0 Å². The summed E-state index contributed by atoms with van der Waals surface area (Å²) in [4.78, 5) is 14.0. The van der Waals surface area contributed by atoms with E-state index in [-0.39, 0.29) is 0 Å². The summed E-state index contributed by atoms with van der Waals surface area (Å²) in [5, 5.41) is 12.6. The quantitative estimate of drug-likeness (QED) is 0.605. The second kappa shape index (κ2) is 7.85. The highest BCUT2D eigenvalue weighted by molar-refractivity contribution is 5.78. The van der Waals surface area contributed by atoms with E-state index in [0.717, 1.165) is 32.0 Å². The summed E-state index contributed by atoms with van der Waals surface area (Å²) < 4.78 is 0. The number of carbonyl (C=O) groups is 1. The number of rotatable bonds is 11. The summed E-state index contributed by atoms with van der Waals surface area (Å²) in [6, 6.07) is 0.778. The smallest absolute Gasteiger partial charge is 0.323 e. The van der Waals surface area contributed by atoms with Crippen molar-refractivity contribution >= 4 is 5.97 Å². The second-order valence-electron chi connectivity index (χ2n) is 5.64. The van der Waals surface area contributed by atoms with Crippen LogP contribution < -0.4 is 5.32 Å². The van der Waals surface area contributed by atoms with Gasteiger partial charge in [-0.2, -0.15) is 0 Å². The van der Waals surface area contributed by atoms with Gasteiger partial charge in [-0.3, -0.25) is 4.79 Å². The van der Waals surface area contributed by atoms with E-state index in [1.54, 1.807) is 0 Å². The van der Waals surface area contributed by atoms with Gasteiger partial charge in [0.05, 0.1) is 0 Å². The minimum absolute atomic E-state index is 0.646. The number of hydrogen-bond acceptors (Lipinski definition) is 3. The summed E-state index contributed by atoms with van der Waals surface area (Å²) in [5.41, 5.74) is -0.726. The van der Waals surface area contributed by atoms with E-state index in [1.165, 1.54) is 19.3 Å². The number of likely N-dealkylation sites (N-methyl/N-ethyl adjacent to an activating group) is 1. The molecule has 112 valence electrons. The highest BCUT2D eigenvalue weighted by Gasteiger charge is 2.35. The van der Waals surface area contributed by atoms with E-state index in [0.29, 0.717) is 13.0 Å². The molecule has 0 aromatic carbocycles. The molecule has 1 rings (SSSR count). The lowest BCUT2D eigenvalue weighted by atomic mass is 9.90. The standard InChI is InChI=1S/C15H30N2O2/c1-4-11-17(13-8-9-13)12-7-10-15(5-2,14(18)19)16-6-3/h13,16H,4-12H2,1-3H3,(H,18,19). The molecule has 0 heterocycles. The van der Waals surface area contributed by atoms with E-state index >= 15 is 0 Å². The number of hydrogen-bond donors (Lipinski definition) is 2.